The lowest BCUT2D eigenvalue weighted by Crippen LogP contribution is -2.39. The Balaban J connectivity index is 1.97. The fourth-order valence-corrected chi connectivity index (χ4v) is 2.15. The quantitative estimate of drug-likeness (QED) is 0.821. The van der Waals surface area contributed by atoms with Crippen molar-refractivity contribution < 1.29 is 4.42 Å². The van der Waals surface area contributed by atoms with Gasteiger partial charge in [0.15, 0.2) is 0 Å². The van der Waals surface area contributed by atoms with E-state index in [2.05, 4.69) is 16.9 Å². The molecule has 90 valence electrons. The topological polar surface area (TPSA) is 55.3 Å². The van der Waals surface area contributed by atoms with E-state index in [0.29, 0.717) is 6.04 Å². The van der Waals surface area contributed by atoms with Gasteiger partial charge in [0.05, 0.1) is 12.2 Å². The second kappa shape index (κ2) is 4.55. The first kappa shape index (κ1) is 11.6. The molecule has 4 nitrogen and oxygen atoms in total. The fourth-order valence-electron chi connectivity index (χ4n) is 2.15. The largest absolute Gasteiger partial charge is 0.444 e. The smallest absolute Gasteiger partial charge is 0.208 e. The summed E-state index contributed by atoms with van der Waals surface area (Å²) in [4.78, 5) is 6.66. The van der Waals surface area contributed by atoms with Crippen LogP contribution >= 0.6 is 0 Å². The van der Waals surface area contributed by atoms with E-state index in [1.165, 1.54) is 12.8 Å². The van der Waals surface area contributed by atoms with E-state index in [9.17, 15) is 0 Å². The van der Waals surface area contributed by atoms with Gasteiger partial charge >= 0.3 is 0 Å². The molecule has 0 aromatic carbocycles. The third kappa shape index (κ3) is 2.44. The van der Waals surface area contributed by atoms with Crippen LogP contribution in [0.4, 0.5) is 0 Å². The number of nitrogens with two attached hydrogens (primary N) is 1. The first-order valence-corrected chi connectivity index (χ1v) is 5.95. The predicted octanol–water partition coefficient (Wildman–Crippen LogP) is 1.46. The molecule has 1 saturated carbocycles. The molecule has 1 unspecified atom stereocenters. The molecule has 0 amide bonds. The first-order chi connectivity index (χ1) is 7.61. The maximum atomic E-state index is 5.81. The summed E-state index contributed by atoms with van der Waals surface area (Å²) >= 11 is 0. The van der Waals surface area contributed by atoms with Gasteiger partial charge in [-0.3, -0.25) is 4.90 Å². The van der Waals surface area contributed by atoms with Gasteiger partial charge < -0.3 is 10.2 Å². The van der Waals surface area contributed by atoms with Gasteiger partial charge in [0.25, 0.3) is 0 Å². The second-order valence-corrected chi connectivity index (χ2v) is 4.80. The molecule has 4 heteroatoms. The number of aromatic nitrogens is 1. The van der Waals surface area contributed by atoms with Crippen molar-refractivity contribution in [2.45, 2.75) is 39.3 Å². The van der Waals surface area contributed by atoms with Gasteiger partial charge in [-0.05, 0) is 39.7 Å². The number of likely N-dealkylation sites (N-methyl/N-ethyl adjacent to an activating group) is 1. The summed E-state index contributed by atoms with van der Waals surface area (Å²) in [6, 6.07) is 0.479. The fraction of sp³-hybridized carbons (Fsp3) is 0.750. The maximum absolute atomic E-state index is 5.81. The Hall–Kier alpha value is -0.870. The monoisotopic (exact) mass is 223 g/mol. The molecule has 2 N–H and O–H groups in total. The van der Waals surface area contributed by atoms with Crippen LogP contribution in [0.15, 0.2) is 4.42 Å². The average molecular weight is 223 g/mol. The van der Waals surface area contributed by atoms with Gasteiger partial charge in [0.2, 0.25) is 5.89 Å². The van der Waals surface area contributed by atoms with Gasteiger partial charge in [0, 0.05) is 12.6 Å². The molecule has 0 aliphatic heterocycles. The maximum Gasteiger partial charge on any atom is 0.208 e. The van der Waals surface area contributed by atoms with Crippen LogP contribution in [0.2, 0.25) is 0 Å². The minimum Gasteiger partial charge on any atom is -0.444 e. The number of nitrogens with zero attached hydrogens (tertiary/aromatic N) is 2. The van der Waals surface area contributed by atoms with Crippen molar-refractivity contribution >= 4 is 0 Å². The van der Waals surface area contributed by atoms with Crippen molar-refractivity contribution in [3.8, 4) is 0 Å². The SMILES string of the molecule is Cc1nc(CN(C)C(CN)C2CC2)oc1C. The minimum absolute atomic E-state index is 0.479. The zero-order chi connectivity index (χ0) is 11.7. The zero-order valence-electron chi connectivity index (χ0n) is 10.4. The summed E-state index contributed by atoms with van der Waals surface area (Å²) in [6.45, 7) is 5.41. The highest BCUT2D eigenvalue weighted by Gasteiger charge is 2.33. The van der Waals surface area contributed by atoms with E-state index >= 15 is 0 Å². The molecule has 0 spiro atoms. The van der Waals surface area contributed by atoms with Crippen molar-refractivity contribution in [2.75, 3.05) is 13.6 Å². The van der Waals surface area contributed by atoms with Crippen molar-refractivity contribution in [3.05, 3.63) is 17.3 Å². The molecule has 1 heterocycles. The molecule has 0 saturated heterocycles. The van der Waals surface area contributed by atoms with Crippen LogP contribution in [-0.4, -0.2) is 29.5 Å². The third-order valence-corrected chi connectivity index (χ3v) is 3.43. The van der Waals surface area contributed by atoms with Gasteiger partial charge in [-0.1, -0.05) is 0 Å². The Kier molecular flexibility index (Phi) is 3.30. The zero-order valence-corrected chi connectivity index (χ0v) is 10.4. The van der Waals surface area contributed by atoms with Crippen LogP contribution in [0, 0.1) is 19.8 Å². The molecule has 16 heavy (non-hydrogen) atoms. The lowest BCUT2D eigenvalue weighted by Gasteiger charge is -2.25. The molecule has 1 aromatic heterocycles. The summed E-state index contributed by atoms with van der Waals surface area (Å²) in [5.74, 6) is 2.50. The van der Waals surface area contributed by atoms with Gasteiger partial charge in [-0.15, -0.1) is 0 Å². The Morgan fingerprint density at radius 1 is 1.50 bits per heavy atom. The van der Waals surface area contributed by atoms with Crippen molar-refractivity contribution in [1.82, 2.24) is 9.88 Å². The Morgan fingerprint density at radius 3 is 2.62 bits per heavy atom. The summed E-state index contributed by atoms with van der Waals surface area (Å²) in [7, 11) is 2.10. The van der Waals surface area contributed by atoms with E-state index in [1.54, 1.807) is 0 Å². The molecular weight excluding hydrogens is 202 g/mol. The van der Waals surface area contributed by atoms with Crippen LogP contribution in [-0.2, 0) is 6.54 Å². The third-order valence-electron chi connectivity index (χ3n) is 3.43. The molecule has 1 aliphatic rings. The van der Waals surface area contributed by atoms with Crippen molar-refractivity contribution in [3.63, 3.8) is 0 Å². The molecular formula is C12H21N3O. The summed E-state index contributed by atoms with van der Waals surface area (Å²) in [6.07, 6.45) is 2.63. The summed E-state index contributed by atoms with van der Waals surface area (Å²) in [5.41, 5.74) is 6.80. The molecule has 1 atom stereocenters. The number of oxazole rings is 1. The van der Waals surface area contributed by atoms with E-state index in [1.807, 2.05) is 13.8 Å². The number of rotatable bonds is 5. The molecule has 2 rings (SSSR count). The molecule has 1 aliphatic carbocycles. The normalized spacial score (nSPS) is 18.1. The van der Waals surface area contributed by atoms with E-state index in [4.69, 9.17) is 10.2 Å². The van der Waals surface area contributed by atoms with Gasteiger partial charge in [-0.2, -0.15) is 0 Å². The first-order valence-electron chi connectivity index (χ1n) is 5.95. The Bertz CT molecular complexity index is 338. The van der Waals surface area contributed by atoms with E-state index in [0.717, 1.165) is 36.4 Å². The summed E-state index contributed by atoms with van der Waals surface area (Å²) < 4.78 is 5.59. The number of hydrogen-bond acceptors (Lipinski definition) is 4. The highest BCUT2D eigenvalue weighted by atomic mass is 16.4. The number of hydrogen-bond donors (Lipinski definition) is 1. The average Bonchev–Trinajstić information content (AvgIpc) is 2.97. The molecule has 1 fully saturated rings. The molecule has 0 radical (unpaired) electrons. The van der Waals surface area contributed by atoms with E-state index in [-0.39, 0.29) is 0 Å². The van der Waals surface area contributed by atoms with Crippen LogP contribution in [0.3, 0.4) is 0 Å². The lowest BCUT2D eigenvalue weighted by molar-refractivity contribution is 0.196. The minimum atomic E-state index is 0.479. The lowest BCUT2D eigenvalue weighted by atomic mass is 10.1. The van der Waals surface area contributed by atoms with Crippen molar-refractivity contribution in [2.24, 2.45) is 11.7 Å². The van der Waals surface area contributed by atoms with Crippen LogP contribution in [0.25, 0.3) is 0 Å². The summed E-state index contributed by atoms with van der Waals surface area (Å²) in [5, 5.41) is 0. The van der Waals surface area contributed by atoms with Crippen LogP contribution < -0.4 is 5.73 Å². The molecule has 0 bridgehead atoms. The standard InChI is InChI=1S/C12H21N3O/c1-8-9(2)16-12(14-8)7-15(3)11(6-13)10-4-5-10/h10-11H,4-7,13H2,1-3H3. The van der Waals surface area contributed by atoms with Crippen LogP contribution in [0.1, 0.15) is 30.2 Å². The van der Waals surface area contributed by atoms with Crippen molar-refractivity contribution in [1.29, 1.82) is 0 Å². The highest BCUT2D eigenvalue weighted by Crippen LogP contribution is 2.34. The highest BCUT2D eigenvalue weighted by molar-refractivity contribution is 5.05. The molecule has 1 aromatic rings. The number of aryl methyl sites for hydroxylation is 2. The van der Waals surface area contributed by atoms with Gasteiger partial charge in [0.1, 0.15) is 5.76 Å². The second-order valence-electron chi connectivity index (χ2n) is 4.80. The Labute approximate surface area is 96.8 Å². The predicted molar refractivity (Wildman–Crippen MR) is 63.0 cm³/mol. The van der Waals surface area contributed by atoms with E-state index < -0.39 is 0 Å². The van der Waals surface area contributed by atoms with Crippen LogP contribution in [0.5, 0.6) is 0 Å². The Morgan fingerprint density at radius 2 is 2.19 bits per heavy atom. The van der Waals surface area contributed by atoms with Gasteiger partial charge in [-0.25, -0.2) is 4.98 Å².